The van der Waals surface area contributed by atoms with Gasteiger partial charge in [0.15, 0.2) is 11.6 Å². The number of likely N-dealkylation sites (tertiary alicyclic amines) is 1. The maximum absolute atomic E-state index is 11.8. The van der Waals surface area contributed by atoms with E-state index < -0.39 is 0 Å². The predicted molar refractivity (Wildman–Crippen MR) is 126 cm³/mol. The van der Waals surface area contributed by atoms with E-state index in [1.165, 1.54) is 29.8 Å². The van der Waals surface area contributed by atoms with E-state index in [0.717, 1.165) is 49.4 Å². The van der Waals surface area contributed by atoms with E-state index in [0.29, 0.717) is 0 Å². The van der Waals surface area contributed by atoms with Crippen LogP contribution in [-0.2, 0) is 30.2 Å². The molecule has 2 aliphatic rings. The van der Waals surface area contributed by atoms with Gasteiger partial charge in [-0.1, -0.05) is 30.3 Å². The number of carbonyl (C=O) groups is 2. The first-order valence-electron chi connectivity index (χ1n) is 11.3. The lowest BCUT2D eigenvalue weighted by Gasteiger charge is -2.40. The third kappa shape index (κ3) is 4.73. The first-order valence-corrected chi connectivity index (χ1v) is 11.3. The Kier molecular flexibility index (Phi) is 6.70. The highest BCUT2D eigenvalue weighted by Crippen LogP contribution is 2.44. The Labute approximate surface area is 194 Å². The molecule has 1 aliphatic carbocycles. The predicted octanol–water partition coefficient (Wildman–Crippen LogP) is 3.87. The minimum Gasteiger partial charge on any atom is -0.483 e. The summed E-state index contributed by atoms with van der Waals surface area (Å²) >= 11 is 0. The summed E-state index contributed by atoms with van der Waals surface area (Å²) in [4.78, 5) is 32.4. The first-order chi connectivity index (χ1) is 16.0. The van der Waals surface area contributed by atoms with Crippen LogP contribution in [0.25, 0.3) is 11.4 Å². The van der Waals surface area contributed by atoms with Crippen LogP contribution in [0.2, 0.25) is 0 Å². The van der Waals surface area contributed by atoms with Crippen molar-refractivity contribution in [2.75, 3.05) is 13.1 Å². The van der Waals surface area contributed by atoms with Crippen LogP contribution in [0, 0.1) is 0 Å². The molecule has 0 bridgehead atoms. The van der Waals surface area contributed by atoms with Crippen molar-refractivity contribution in [3.63, 3.8) is 0 Å². The number of hydrogen-bond acceptors (Lipinski definition) is 5. The van der Waals surface area contributed by atoms with Crippen molar-refractivity contribution in [3.05, 3.63) is 71.3 Å². The maximum Gasteiger partial charge on any atom is 0.290 e. The third-order valence-electron chi connectivity index (χ3n) is 6.83. The average Bonchev–Trinajstić information content (AvgIpc) is 3.35. The Morgan fingerprint density at radius 2 is 2.00 bits per heavy atom. The topological polar surface area (TPSA) is 88.3 Å². The molecule has 33 heavy (non-hydrogen) atoms. The molecule has 1 aromatic carbocycles. The quantitative estimate of drug-likeness (QED) is 0.484. The van der Waals surface area contributed by atoms with Crippen LogP contribution in [0.1, 0.15) is 53.5 Å². The minimum absolute atomic E-state index is 0.120. The van der Waals surface area contributed by atoms with Crippen LogP contribution in [0.3, 0.4) is 0 Å². The number of nitrogens with zero attached hydrogens (tertiary/aromatic N) is 4. The molecule has 3 aromatic rings. The number of hydrogen-bond donors (Lipinski definition) is 1. The van der Waals surface area contributed by atoms with E-state index >= 15 is 0 Å². The van der Waals surface area contributed by atoms with Crippen molar-refractivity contribution >= 4 is 12.3 Å². The van der Waals surface area contributed by atoms with Gasteiger partial charge in [-0.2, -0.15) is 0 Å². The summed E-state index contributed by atoms with van der Waals surface area (Å²) in [7, 11) is 2.03. The average molecular weight is 447 g/mol. The van der Waals surface area contributed by atoms with Gasteiger partial charge in [0.1, 0.15) is 0 Å². The first kappa shape index (κ1) is 22.9. The molecule has 2 aromatic heterocycles. The fourth-order valence-corrected chi connectivity index (χ4v) is 5.22. The zero-order chi connectivity index (χ0) is 23.4. The number of fused-ring (bicyclic) bond motifs is 2. The Hall–Kier alpha value is -3.32. The van der Waals surface area contributed by atoms with Gasteiger partial charge in [-0.3, -0.25) is 14.5 Å². The molecule has 1 fully saturated rings. The molecule has 1 aliphatic heterocycles. The molecular weight excluding hydrogens is 416 g/mol. The Morgan fingerprint density at radius 1 is 1.24 bits per heavy atom. The van der Waals surface area contributed by atoms with Crippen LogP contribution in [-0.4, -0.2) is 49.9 Å². The fourth-order valence-electron chi connectivity index (χ4n) is 5.22. The van der Waals surface area contributed by atoms with Crippen molar-refractivity contribution in [1.29, 1.82) is 0 Å². The highest BCUT2D eigenvalue weighted by molar-refractivity contribution is 5.94. The van der Waals surface area contributed by atoms with Gasteiger partial charge in [0, 0.05) is 54.8 Å². The van der Waals surface area contributed by atoms with Crippen molar-refractivity contribution in [2.45, 2.75) is 44.6 Å². The molecule has 1 unspecified atom stereocenters. The van der Waals surface area contributed by atoms with Gasteiger partial charge < -0.3 is 9.67 Å². The molecule has 0 amide bonds. The summed E-state index contributed by atoms with van der Waals surface area (Å²) in [6, 6.07) is 12.3. The molecule has 1 atom stereocenters. The molecule has 172 valence electrons. The number of ketones is 1. The molecule has 0 radical (unpaired) electrons. The van der Waals surface area contributed by atoms with Crippen molar-refractivity contribution in [2.24, 2.45) is 7.05 Å². The lowest BCUT2D eigenvalue weighted by Crippen LogP contribution is -2.45. The lowest BCUT2D eigenvalue weighted by atomic mass is 9.77. The lowest BCUT2D eigenvalue weighted by molar-refractivity contribution is -0.122. The highest BCUT2D eigenvalue weighted by atomic mass is 16.3. The van der Waals surface area contributed by atoms with Crippen LogP contribution >= 0.6 is 0 Å². The summed E-state index contributed by atoms with van der Waals surface area (Å²) in [6.45, 7) is 4.37. The monoisotopic (exact) mass is 446 g/mol. The number of rotatable bonds is 4. The minimum atomic E-state index is -0.250. The Balaban J connectivity index is 0.000000821. The number of carboxylic acid groups (broad SMARTS) is 1. The second kappa shape index (κ2) is 9.67. The van der Waals surface area contributed by atoms with Crippen LogP contribution in [0.15, 0.2) is 48.8 Å². The summed E-state index contributed by atoms with van der Waals surface area (Å²) in [5.74, 6) is 0.961. The SMILES string of the molecule is CC(=O)c1cc(CN2CCCC3(CCc4cnc(-c5ccccc5)nc43)C2)n(C)c1.O=CO. The van der Waals surface area contributed by atoms with Gasteiger partial charge in [0.05, 0.1) is 5.69 Å². The molecule has 3 heterocycles. The van der Waals surface area contributed by atoms with Gasteiger partial charge in [-0.25, -0.2) is 9.97 Å². The molecule has 1 N–H and O–H groups in total. The third-order valence-corrected chi connectivity index (χ3v) is 6.83. The Bertz CT molecular complexity index is 1140. The van der Waals surface area contributed by atoms with Gasteiger partial charge in [-0.15, -0.1) is 0 Å². The molecule has 1 saturated heterocycles. The molecule has 7 nitrogen and oxygen atoms in total. The number of Topliss-reactive ketones (excluding diaryl/α,β-unsaturated/α-hetero) is 1. The standard InChI is InChI=1S/C25H28N4O.CH2O2/c1-18(30)21-13-22(28(2)15-21)16-29-12-6-10-25(17-29)11-9-20-14-26-24(27-23(20)25)19-7-4-3-5-8-19;2-1-3/h3-5,7-8,13-15H,6,9-12,16-17H2,1-2H3;1H,(H,2,3). The zero-order valence-corrected chi connectivity index (χ0v) is 19.2. The van der Waals surface area contributed by atoms with E-state index in [1.807, 2.05) is 37.5 Å². The van der Waals surface area contributed by atoms with Crippen LogP contribution in [0.4, 0.5) is 0 Å². The summed E-state index contributed by atoms with van der Waals surface area (Å²) < 4.78 is 2.09. The van der Waals surface area contributed by atoms with Crippen molar-refractivity contribution < 1.29 is 14.7 Å². The van der Waals surface area contributed by atoms with Gasteiger partial charge in [-0.05, 0) is 50.8 Å². The molecular formula is C26H30N4O3. The van der Waals surface area contributed by atoms with Gasteiger partial charge >= 0.3 is 0 Å². The van der Waals surface area contributed by atoms with E-state index in [1.54, 1.807) is 6.92 Å². The Morgan fingerprint density at radius 3 is 2.70 bits per heavy atom. The van der Waals surface area contributed by atoms with E-state index in [4.69, 9.17) is 14.9 Å². The van der Waals surface area contributed by atoms with Crippen LogP contribution < -0.4 is 0 Å². The molecule has 1 spiro atoms. The molecule has 5 rings (SSSR count). The molecule has 7 heteroatoms. The zero-order valence-electron chi connectivity index (χ0n) is 19.2. The summed E-state index contributed by atoms with van der Waals surface area (Å²) in [5, 5.41) is 6.89. The molecule has 0 saturated carbocycles. The summed E-state index contributed by atoms with van der Waals surface area (Å²) in [5.41, 5.74) is 5.77. The smallest absolute Gasteiger partial charge is 0.290 e. The van der Waals surface area contributed by atoms with Crippen LogP contribution in [0.5, 0.6) is 0 Å². The van der Waals surface area contributed by atoms with E-state index in [9.17, 15) is 4.79 Å². The second-order valence-electron chi connectivity index (χ2n) is 9.02. The van der Waals surface area contributed by atoms with Gasteiger partial charge in [0.2, 0.25) is 0 Å². The number of aryl methyl sites for hydroxylation is 2. The number of carbonyl (C=O) groups excluding carboxylic acids is 1. The normalized spacial score (nSPS) is 19.6. The summed E-state index contributed by atoms with van der Waals surface area (Å²) in [6.07, 6.45) is 8.58. The fraction of sp³-hybridized carbons (Fsp3) is 0.385. The number of aromatic nitrogens is 3. The van der Waals surface area contributed by atoms with E-state index in [-0.39, 0.29) is 17.7 Å². The highest BCUT2D eigenvalue weighted by Gasteiger charge is 2.43. The van der Waals surface area contributed by atoms with E-state index in [2.05, 4.69) is 32.8 Å². The van der Waals surface area contributed by atoms with Crippen molar-refractivity contribution in [3.8, 4) is 11.4 Å². The number of piperidine rings is 1. The second-order valence-corrected chi connectivity index (χ2v) is 9.02. The van der Waals surface area contributed by atoms with Gasteiger partial charge in [0.25, 0.3) is 6.47 Å². The number of benzene rings is 1. The maximum atomic E-state index is 11.8. The van der Waals surface area contributed by atoms with Crippen molar-refractivity contribution in [1.82, 2.24) is 19.4 Å². The largest absolute Gasteiger partial charge is 0.483 e.